The topological polar surface area (TPSA) is 35.6 Å². The van der Waals surface area contributed by atoms with Crippen LogP contribution in [-0.2, 0) is 14.1 Å². The summed E-state index contributed by atoms with van der Waals surface area (Å²) in [4.78, 5) is 9.77. The number of benzene rings is 2. The van der Waals surface area contributed by atoms with Gasteiger partial charge in [-0.1, -0.05) is 0 Å². The second kappa shape index (κ2) is 5.24. The van der Waals surface area contributed by atoms with E-state index < -0.39 is 0 Å². The van der Waals surface area contributed by atoms with Crippen LogP contribution in [0.5, 0.6) is 0 Å². The van der Waals surface area contributed by atoms with Gasteiger partial charge in [0, 0.05) is 0 Å². The van der Waals surface area contributed by atoms with Crippen LogP contribution in [0, 0.1) is 41.5 Å². The van der Waals surface area contributed by atoms with Gasteiger partial charge in [-0.2, -0.15) is 0 Å². The molecule has 0 fully saturated rings. The van der Waals surface area contributed by atoms with E-state index in [-0.39, 0.29) is 0 Å². The van der Waals surface area contributed by atoms with E-state index in [0.717, 1.165) is 11.6 Å². The molecule has 0 spiro atoms. The van der Waals surface area contributed by atoms with Gasteiger partial charge in [0.05, 0.1) is 0 Å². The molecule has 27 heavy (non-hydrogen) atoms. The molecule has 5 heteroatoms. The fourth-order valence-electron chi connectivity index (χ4n) is 4.73. The molecule has 0 atom stereocenters. The molecule has 0 unspecified atom stereocenters. The third-order valence-electron chi connectivity index (χ3n) is 6.40. The van der Waals surface area contributed by atoms with Crippen molar-refractivity contribution in [3.63, 3.8) is 0 Å². The summed E-state index contributed by atoms with van der Waals surface area (Å²) in [5, 5.41) is 2.92. The van der Waals surface area contributed by atoms with Gasteiger partial charge < -0.3 is 0 Å². The van der Waals surface area contributed by atoms with E-state index in [0.29, 0.717) is 14.5 Å². The fraction of sp³-hybridized carbons (Fsp3) is 0.364. The van der Waals surface area contributed by atoms with Crippen LogP contribution in [0.1, 0.15) is 33.9 Å². The van der Waals surface area contributed by atoms with E-state index in [1.165, 1.54) is 63.6 Å². The Morgan fingerprint density at radius 3 is 1.33 bits per heavy atom. The second-order valence-corrected chi connectivity index (χ2v) is 9.98. The van der Waals surface area contributed by atoms with Crippen molar-refractivity contribution < 1.29 is 0 Å². The zero-order valence-corrected chi connectivity index (χ0v) is 18.9. The van der Waals surface area contributed by atoms with Gasteiger partial charge in [0.2, 0.25) is 0 Å². The van der Waals surface area contributed by atoms with Crippen LogP contribution in [0.25, 0.3) is 41.4 Å². The number of aryl methyl sites for hydroxylation is 8. The zero-order chi connectivity index (χ0) is 19.4. The van der Waals surface area contributed by atoms with Gasteiger partial charge in [-0.05, 0) is 0 Å². The maximum atomic E-state index is 4.89. The van der Waals surface area contributed by atoms with E-state index in [2.05, 4.69) is 64.8 Å². The van der Waals surface area contributed by atoms with Crippen LogP contribution in [0.4, 0.5) is 0 Å². The fourth-order valence-corrected chi connectivity index (χ4v) is 7.70. The van der Waals surface area contributed by atoms with E-state index >= 15 is 0 Å². The Balaban J connectivity index is 2.15. The van der Waals surface area contributed by atoms with Crippen LogP contribution in [0.2, 0.25) is 0 Å². The van der Waals surface area contributed by atoms with Crippen molar-refractivity contribution in [2.75, 3.05) is 0 Å². The second-order valence-electron chi connectivity index (χ2n) is 7.84. The summed E-state index contributed by atoms with van der Waals surface area (Å²) in [6.45, 7) is 13.3. The molecule has 5 aromatic rings. The number of hydrogen-bond donors (Lipinski definition) is 0. The molecule has 0 aliphatic rings. The summed E-state index contributed by atoms with van der Waals surface area (Å²) in [7, 11) is 4.27. The summed E-state index contributed by atoms with van der Waals surface area (Å²) in [5.74, 6) is 2.16. The standard InChI is InChI=1S/C22H24N4Se/c1-9-15-16-10(2)20-18(24-14(6)26(20)8)12(4)22(16)27-21(15)11(3)17-19(9)25(7)13(5)23-17/h1-8H3. The molecular formula is C22H24N4Se. The monoisotopic (exact) mass is 424 g/mol. The van der Waals surface area contributed by atoms with Gasteiger partial charge in [0.1, 0.15) is 0 Å². The SMILES string of the molecule is Cc1c2nc(C)n(C)c2c(C)c2c1[se]c1c(C)c3nc(C)n(C)c3c(C)c12. The quantitative estimate of drug-likeness (QED) is 0.339. The molecule has 0 N–H and O–H groups in total. The van der Waals surface area contributed by atoms with Crippen LogP contribution in [0.15, 0.2) is 0 Å². The van der Waals surface area contributed by atoms with Crippen LogP contribution < -0.4 is 0 Å². The molecule has 0 radical (unpaired) electrons. The van der Waals surface area contributed by atoms with Gasteiger partial charge >= 0.3 is 165 Å². The summed E-state index contributed by atoms with van der Waals surface area (Å²) >= 11 is 0.299. The number of aromatic nitrogens is 4. The number of imidazole rings is 2. The molecule has 4 nitrogen and oxygen atoms in total. The van der Waals surface area contributed by atoms with Crippen LogP contribution in [0.3, 0.4) is 0 Å². The molecule has 0 saturated carbocycles. The van der Waals surface area contributed by atoms with Gasteiger partial charge in [-0.15, -0.1) is 0 Å². The van der Waals surface area contributed by atoms with E-state index in [1.807, 2.05) is 0 Å². The number of nitrogens with zero attached hydrogens (tertiary/aromatic N) is 4. The van der Waals surface area contributed by atoms with Gasteiger partial charge in [0.15, 0.2) is 0 Å². The number of hydrogen-bond acceptors (Lipinski definition) is 2. The predicted molar refractivity (Wildman–Crippen MR) is 115 cm³/mol. The Morgan fingerprint density at radius 2 is 0.963 bits per heavy atom. The average Bonchev–Trinajstić information content (AvgIpc) is 3.26. The summed E-state index contributed by atoms with van der Waals surface area (Å²) < 4.78 is 7.52. The van der Waals surface area contributed by atoms with E-state index in [1.54, 1.807) is 0 Å². The minimum absolute atomic E-state index is 0.299. The third kappa shape index (κ3) is 1.89. The molecule has 2 aromatic carbocycles. The molecule has 0 saturated heterocycles. The first kappa shape index (κ1) is 17.0. The van der Waals surface area contributed by atoms with Crippen molar-refractivity contribution in [2.45, 2.75) is 41.5 Å². The third-order valence-corrected chi connectivity index (χ3v) is 9.40. The molecule has 0 bridgehead atoms. The summed E-state index contributed by atoms with van der Waals surface area (Å²) in [5.41, 5.74) is 10.4. The maximum absolute atomic E-state index is 4.89. The zero-order valence-electron chi connectivity index (χ0n) is 17.2. The number of rotatable bonds is 0. The molecular weight excluding hydrogens is 399 g/mol. The molecule has 0 aliphatic carbocycles. The van der Waals surface area contributed by atoms with Gasteiger partial charge in [0.25, 0.3) is 0 Å². The Labute approximate surface area is 164 Å². The summed E-state index contributed by atoms with van der Waals surface area (Å²) in [6, 6.07) is 0. The van der Waals surface area contributed by atoms with Crippen molar-refractivity contribution in [1.82, 2.24) is 19.1 Å². The molecule has 0 aliphatic heterocycles. The molecule has 0 amide bonds. The van der Waals surface area contributed by atoms with Crippen molar-refractivity contribution in [3.05, 3.63) is 33.9 Å². The molecule has 5 rings (SSSR count). The van der Waals surface area contributed by atoms with E-state index in [9.17, 15) is 0 Å². The first-order chi connectivity index (χ1) is 12.7. The Kier molecular flexibility index (Phi) is 3.31. The number of fused-ring (bicyclic) bond motifs is 5. The van der Waals surface area contributed by atoms with Crippen molar-refractivity contribution >= 4 is 55.9 Å². The van der Waals surface area contributed by atoms with Crippen molar-refractivity contribution in [1.29, 1.82) is 0 Å². The molecule has 3 aromatic heterocycles. The Hall–Kier alpha value is -2.10. The van der Waals surface area contributed by atoms with E-state index in [4.69, 9.17) is 9.97 Å². The average molecular weight is 423 g/mol. The molecule has 138 valence electrons. The summed E-state index contributed by atoms with van der Waals surface area (Å²) in [6.07, 6.45) is 0. The normalized spacial score (nSPS) is 12.4. The van der Waals surface area contributed by atoms with Gasteiger partial charge in [-0.25, -0.2) is 0 Å². The Bertz CT molecular complexity index is 1330. The van der Waals surface area contributed by atoms with Crippen LogP contribution >= 0.6 is 0 Å². The van der Waals surface area contributed by atoms with Gasteiger partial charge in [-0.3, -0.25) is 0 Å². The first-order valence-electron chi connectivity index (χ1n) is 9.34. The van der Waals surface area contributed by atoms with Crippen molar-refractivity contribution in [2.24, 2.45) is 14.1 Å². The minimum atomic E-state index is 0.299. The van der Waals surface area contributed by atoms with Crippen LogP contribution in [-0.4, -0.2) is 33.6 Å². The first-order valence-corrected chi connectivity index (χ1v) is 11.1. The Morgan fingerprint density at radius 1 is 0.593 bits per heavy atom. The predicted octanol–water partition coefficient (Wildman–Crippen LogP) is 4.67. The molecule has 3 heterocycles. The van der Waals surface area contributed by atoms with Crippen molar-refractivity contribution in [3.8, 4) is 0 Å².